The highest BCUT2D eigenvalue weighted by molar-refractivity contribution is 5.79. The molecule has 0 saturated carbocycles. The second-order valence-corrected chi connectivity index (χ2v) is 7.76. The molecule has 0 aromatic heterocycles. The van der Waals surface area contributed by atoms with Crippen molar-refractivity contribution in [3.05, 3.63) is 35.9 Å². The second kappa shape index (κ2) is 10.1. The molecular formula is C20H27F3N2O4. The number of morpholine rings is 1. The summed E-state index contributed by atoms with van der Waals surface area (Å²) in [6, 6.07) is 10.5. The number of nitrogens with zero attached hydrogens (tertiary/aromatic N) is 1. The molecule has 0 radical (unpaired) electrons. The van der Waals surface area contributed by atoms with E-state index in [4.69, 9.17) is 14.6 Å². The topological polar surface area (TPSA) is 78.9 Å². The number of hydrogen-bond donors (Lipinski definition) is 2. The second-order valence-electron chi connectivity index (χ2n) is 7.76. The number of benzene rings is 1. The van der Waals surface area contributed by atoms with Gasteiger partial charge in [-0.15, -0.1) is 0 Å². The van der Waals surface area contributed by atoms with Crippen LogP contribution in [-0.4, -0.2) is 59.9 Å². The number of ether oxygens (including phenoxy) is 1. The fourth-order valence-corrected chi connectivity index (χ4v) is 3.42. The number of rotatable bonds is 5. The molecule has 2 saturated heterocycles. The van der Waals surface area contributed by atoms with E-state index in [0.29, 0.717) is 5.92 Å². The van der Waals surface area contributed by atoms with Crippen LogP contribution in [0, 0.1) is 11.8 Å². The highest BCUT2D eigenvalue weighted by Crippen LogP contribution is 2.32. The van der Waals surface area contributed by atoms with E-state index in [0.717, 1.165) is 32.6 Å². The third-order valence-electron chi connectivity index (χ3n) is 4.75. The van der Waals surface area contributed by atoms with Gasteiger partial charge in [0.25, 0.3) is 0 Å². The van der Waals surface area contributed by atoms with Gasteiger partial charge in [0.1, 0.15) is 0 Å². The van der Waals surface area contributed by atoms with E-state index < -0.39 is 12.1 Å². The molecule has 0 unspecified atom stereocenters. The lowest BCUT2D eigenvalue weighted by Gasteiger charge is -2.32. The molecule has 3 atom stereocenters. The summed E-state index contributed by atoms with van der Waals surface area (Å²) in [5, 5.41) is 10.2. The van der Waals surface area contributed by atoms with Gasteiger partial charge in [-0.05, 0) is 17.9 Å². The Hall–Kier alpha value is -2.13. The number of aliphatic carboxylic acids is 1. The summed E-state index contributed by atoms with van der Waals surface area (Å²) < 4.78 is 37.7. The fraction of sp³-hybridized carbons (Fsp3) is 0.600. The van der Waals surface area contributed by atoms with Crippen LogP contribution in [0.2, 0.25) is 0 Å². The molecule has 1 aromatic rings. The Bertz CT molecular complexity index is 682. The number of fused-ring (bicyclic) bond motifs is 2. The average molecular weight is 416 g/mol. The maximum atomic E-state index is 12.3. The van der Waals surface area contributed by atoms with Crippen LogP contribution in [0.4, 0.5) is 13.2 Å². The standard InChI is InChI=1S/C18H26N2O2.C2HF3O2/c1-13(2)9-19-18(21)16-8-15-11-20(12-17(16)22-15)10-14-6-4-3-5-7-14;3-2(4,5)1(6)7/h3-7,13,15-17H,8-12H2,1-2H3,(H,19,21);(H,6,7)/t15-,16+,17-;/m1./s1. The van der Waals surface area contributed by atoms with Crippen molar-refractivity contribution >= 4 is 11.9 Å². The lowest BCUT2D eigenvalue weighted by Crippen LogP contribution is -2.45. The highest BCUT2D eigenvalue weighted by atomic mass is 19.4. The number of carboxylic acids is 1. The molecule has 0 spiro atoms. The van der Waals surface area contributed by atoms with Crippen LogP contribution in [0.25, 0.3) is 0 Å². The summed E-state index contributed by atoms with van der Waals surface area (Å²) in [4.78, 5) is 23.7. The first-order valence-electron chi connectivity index (χ1n) is 9.55. The molecule has 2 aliphatic rings. The van der Waals surface area contributed by atoms with Crippen molar-refractivity contribution in [2.45, 2.75) is 45.2 Å². The number of carbonyl (C=O) groups is 2. The minimum Gasteiger partial charge on any atom is -0.475 e. The predicted molar refractivity (Wildman–Crippen MR) is 100 cm³/mol. The van der Waals surface area contributed by atoms with E-state index in [1.165, 1.54) is 5.56 Å². The largest absolute Gasteiger partial charge is 0.490 e. The van der Waals surface area contributed by atoms with Crippen molar-refractivity contribution in [2.75, 3.05) is 19.6 Å². The highest BCUT2D eigenvalue weighted by Gasteiger charge is 2.44. The van der Waals surface area contributed by atoms with E-state index in [1.807, 2.05) is 6.07 Å². The van der Waals surface area contributed by atoms with Crippen LogP contribution >= 0.6 is 0 Å². The molecule has 1 amide bonds. The van der Waals surface area contributed by atoms with Crippen molar-refractivity contribution in [1.29, 1.82) is 0 Å². The van der Waals surface area contributed by atoms with Crippen LogP contribution in [0.3, 0.4) is 0 Å². The minimum absolute atomic E-state index is 0.0181. The summed E-state index contributed by atoms with van der Waals surface area (Å²) in [5.74, 6) is -2.08. The van der Waals surface area contributed by atoms with Crippen LogP contribution in [0.1, 0.15) is 25.8 Å². The Balaban J connectivity index is 0.000000370. The van der Waals surface area contributed by atoms with Gasteiger partial charge >= 0.3 is 12.1 Å². The summed E-state index contributed by atoms with van der Waals surface area (Å²) in [7, 11) is 0. The first-order chi connectivity index (χ1) is 13.6. The molecule has 9 heteroatoms. The third-order valence-corrected chi connectivity index (χ3v) is 4.75. The number of nitrogens with one attached hydrogen (secondary N) is 1. The molecule has 2 bridgehead atoms. The first-order valence-corrected chi connectivity index (χ1v) is 9.55. The van der Waals surface area contributed by atoms with E-state index >= 15 is 0 Å². The minimum atomic E-state index is -5.08. The normalized spacial score (nSPS) is 24.0. The van der Waals surface area contributed by atoms with Crippen LogP contribution in [-0.2, 0) is 20.9 Å². The van der Waals surface area contributed by atoms with Gasteiger partial charge in [-0.25, -0.2) is 4.79 Å². The van der Waals surface area contributed by atoms with Gasteiger partial charge in [0, 0.05) is 26.2 Å². The van der Waals surface area contributed by atoms with Crippen LogP contribution in [0.5, 0.6) is 0 Å². The van der Waals surface area contributed by atoms with Gasteiger partial charge in [0.05, 0.1) is 18.1 Å². The van der Waals surface area contributed by atoms with Gasteiger partial charge in [-0.2, -0.15) is 13.2 Å². The van der Waals surface area contributed by atoms with Gasteiger partial charge in [-0.3, -0.25) is 9.69 Å². The van der Waals surface area contributed by atoms with Gasteiger partial charge in [0.15, 0.2) is 0 Å². The molecule has 6 nitrogen and oxygen atoms in total. The maximum absolute atomic E-state index is 12.3. The number of hydrogen-bond acceptors (Lipinski definition) is 4. The van der Waals surface area contributed by atoms with Crippen molar-refractivity contribution in [1.82, 2.24) is 10.2 Å². The monoisotopic (exact) mass is 416 g/mol. The van der Waals surface area contributed by atoms with E-state index in [-0.39, 0.29) is 24.0 Å². The molecule has 3 rings (SSSR count). The zero-order chi connectivity index (χ0) is 21.6. The Morgan fingerprint density at radius 3 is 2.41 bits per heavy atom. The Morgan fingerprint density at radius 1 is 1.24 bits per heavy atom. The number of alkyl halides is 3. The number of amides is 1. The van der Waals surface area contributed by atoms with Crippen LogP contribution < -0.4 is 5.32 Å². The summed E-state index contributed by atoms with van der Waals surface area (Å²) in [6.45, 7) is 7.71. The number of likely N-dealkylation sites (tertiary alicyclic amines) is 1. The molecule has 162 valence electrons. The number of carbonyl (C=O) groups excluding carboxylic acids is 1. The summed E-state index contributed by atoms with van der Waals surface area (Å²) in [6.07, 6.45) is -3.97. The Labute approximate surface area is 168 Å². The Morgan fingerprint density at radius 2 is 1.86 bits per heavy atom. The molecule has 0 aliphatic carbocycles. The van der Waals surface area contributed by atoms with E-state index in [2.05, 4.69) is 48.3 Å². The van der Waals surface area contributed by atoms with Gasteiger partial charge in [-0.1, -0.05) is 44.2 Å². The average Bonchev–Trinajstić information content (AvgIpc) is 2.94. The zero-order valence-corrected chi connectivity index (χ0v) is 16.5. The molecule has 29 heavy (non-hydrogen) atoms. The fourth-order valence-electron chi connectivity index (χ4n) is 3.42. The predicted octanol–water partition coefficient (Wildman–Crippen LogP) is 2.68. The summed E-state index contributed by atoms with van der Waals surface area (Å²) in [5.41, 5.74) is 1.32. The quantitative estimate of drug-likeness (QED) is 0.772. The third kappa shape index (κ3) is 7.32. The Kier molecular flexibility index (Phi) is 8.04. The molecule has 2 N–H and O–H groups in total. The van der Waals surface area contributed by atoms with Gasteiger partial charge < -0.3 is 15.2 Å². The van der Waals surface area contributed by atoms with Gasteiger partial charge in [0.2, 0.25) is 5.91 Å². The van der Waals surface area contributed by atoms with Crippen molar-refractivity contribution in [3.63, 3.8) is 0 Å². The lowest BCUT2D eigenvalue weighted by atomic mass is 9.99. The number of carboxylic acid groups (broad SMARTS) is 1. The van der Waals surface area contributed by atoms with Crippen molar-refractivity contribution < 1.29 is 32.6 Å². The zero-order valence-electron chi connectivity index (χ0n) is 16.5. The van der Waals surface area contributed by atoms with Crippen LogP contribution in [0.15, 0.2) is 30.3 Å². The van der Waals surface area contributed by atoms with E-state index in [1.54, 1.807) is 0 Å². The van der Waals surface area contributed by atoms with Crippen molar-refractivity contribution in [3.8, 4) is 0 Å². The smallest absolute Gasteiger partial charge is 0.475 e. The molecular weight excluding hydrogens is 389 g/mol. The lowest BCUT2D eigenvalue weighted by molar-refractivity contribution is -0.192. The SMILES string of the molecule is CC(C)CNC(=O)[C@H]1C[C@@H]2CN(Cc3ccccc3)C[C@H]1O2.O=C(O)C(F)(F)F. The molecule has 2 heterocycles. The maximum Gasteiger partial charge on any atom is 0.490 e. The number of halogens is 3. The van der Waals surface area contributed by atoms with Crippen molar-refractivity contribution in [2.24, 2.45) is 11.8 Å². The summed E-state index contributed by atoms with van der Waals surface area (Å²) >= 11 is 0. The molecule has 2 fully saturated rings. The molecule has 1 aromatic carbocycles. The van der Waals surface area contributed by atoms with E-state index in [9.17, 15) is 18.0 Å². The molecule has 2 aliphatic heterocycles. The first kappa shape index (κ1) is 23.2.